The molecule has 6 N–H and O–H groups in total. The first-order valence-corrected chi connectivity index (χ1v) is 3.54. The average Bonchev–Trinajstić information content (AvgIpc) is 2.13. The summed E-state index contributed by atoms with van der Waals surface area (Å²) in [5, 5.41) is 47.7. The van der Waals surface area contributed by atoms with Crippen molar-refractivity contribution in [2.24, 2.45) is 0 Å². The van der Waals surface area contributed by atoms with Gasteiger partial charge < -0.3 is 25.5 Å². The van der Waals surface area contributed by atoms with Gasteiger partial charge in [-0.25, -0.2) is 0 Å². The first-order chi connectivity index (χ1) is 5.33. The molecule has 6 nitrogen and oxygen atoms in total. The number of rotatable bonds is 1. The molecule has 0 unspecified atom stereocenters. The van der Waals surface area contributed by atoms with E-state index in [1.54, 1.807) is 0 Å². The molecule has 6 heteroatoms. The molecule has 0 radical (unpaired) electrons. The molecule has 0 spiro atoms. The summed E-state index contributed by atoms with van der Waals surface area (Å²) in [6, 6.07) is 0. The third kappa shape index (κ3) is 1.22. The van der Waals surface area contributed by atoms with Crippen LogP contribution in [-0.4, -0.2) is 55.8 Å². The maximum Gasteiger partial charge on any atom is 0.170 e. The van der Waals surface area contributed by atoms with Crippen LogP contribution in [0, 0.1) is 0 Å². The average molecular weight is 179 g/mol. The number of aliphatic hydroxyl groups is 5. The van der Waals surface area contributed by atoms with Gasteiger partial charge in [-0.15, -0.1) is 0 Å². The van der Waals surface area contributed by atoms with Gasteiger partial charge in [0.15, 0.2) is 5.72 Å². The van der Waals surface area contributed by atoms with Crippen molar-refractivity contribution < 1.29 is 25.5 Å². The van der Waals surface area contributed by atoms with Crippen molar-refractivity contribution in [2.75, 3.05) is 6.61 Å². The Balaban J connectivity index is 2.88. The number of hydrogen-bond donors (Lipinski definition) is 6. The second kappa shape index (κ2) is 2.63. The zero-order valence-corrected chi connectivity index (χ0v) is 6.60. The number of nitrogens with one attached hydrogen (secondary N) is 1. The molecular weight excluding hydrogens is 166 g/mol. The molecule has 1 saturated heterocycles. The van der Waals surface area contributed by atoms with E-state index in [1.165, 1.54) is 6.92 Å². The predicted octanol–water partition coefficient (Wildman–Crippen LogP) is -3.30. The molecule has 1 fully saturated rings. The van der Waals surface area contributed by atoms with Crippen LogP contribution in [0.25, 0.3) is 0 Å². The smallest absolute Gasteiger partial charge is 0.170 e. The van der Waals surface area contributed by atoms with E-state index in [9.17, 15) is 10.2 Å². The zero-order valence-electron chi connectivity index (χ0n) is 6.60. The van der Waals surface area contributed by atoms with Gasteiger partial charge in [0.05, 0.1) is 6.61 Å². The molecule has 0 amide bonds. The quantitative estimate of drug-likeness (QED) is 0.251. The van der Waals surface area contributed by atoms with E-state index in [1.807, 2.05) is 0 Å². The molecule has 1 heterocycles. The summed E-state index contributed by atoms with van der Waals surface area (Å²) in [5.74, 6) is 0. The number of aliphatic hydroxyl groups excluding tert-OH is 3. The molecule has 0 aromatic heterocycles. The molecule has 1 aliphatic rings. The summed E-state index contributed by atoms with van der Waals surface area (Å²) in [4.78, 5) is 0. The van der Waals surface area contributed by atoms with Crippen LogP contribution in [0.1, 0.15) is 6.92 Å². The van der Waals surface area contributed by atoms with Crippen molar-refractivity contribution in [1.82, 2.24) is 5.32 Å². The maximum absolute atomic E-state index is 9.34. The van der Waals surface area contributed by atoms with Gasteiger partial charge in [0, 0.05) is 0 Å². The van der Waals surface area contributed by atoms with Crippen LogP contribution in [-0.2, 0) is 0 Å². The van der Waals surface area contributed by atoms with Crippen molar-refractivity contribution in [1.29, 1.82) is 0 Å². The molecule has 4 atom stereocenters. The minimum atomic E-state index is -2.04. The third-order valence-corrected chi connectivity index (χ3v) is 2.07. The molecule has 0 bridgehead atoms. The predicted molar refractivity (Wildman–Crippen MR) is 37.8 cm³/mol. The molecular formula is C6H13NO5. The molecule has 0 aromatic rings. The highest BCUT2D eigenvalue weighted by molar-refractivity contribution is 5.05. The van der Waals surface area contributed by atoms with Crippen molar-refractivity contribution in [3.05, 3.63) is 0 Å². The fourth-order valence-corrected chi connectivity index (χ4v) is 1.29. The van der Waals surface area contributed by atoms with Crippen molar-refractivity contribution in [3.8, 4) is 0 Å². The Bertz CT molecular complexity index is 185. The normalized spacial score (nSPS) is 54.5. The summed E-state index contributed by atoms with van der Waals surface area (Å²) in [5.41, 5.74) is -3.83. The second-order valence-corrected chi connectivity index (χ2v) is 3.24. The zero-order chi connectivity index (χ0) is 9.57. The van der Waals surface area contributed by atoms with Gasteiger partial charge in [-0.05, 0) is 6.92 Å². The van der Waals surface area contributed by atoms with Crippen molar-refractivity contribution in [3.63, 3.8) is 0 Å². The Morgan fingerprint density at radius 1 is 1.25 bits per heavy atom. The highest BCUT2D eigenvalue weighted by Crippen LogP contribution is 2.27. The fraction of sp³-hybridized carbons (Fsp3) is 1.00. The highest BCUT2D eigenvalue weighted by atomic mass is 16.4. The number of hydrogen-bond acceptors (Lipinski definition) is 6. The minimum absolute atomic E-state index is 0.790. The Hall–Kier alpha value is -0.240. The Kier molecular flexibility index (Phi) is 2.15. The third-order valence-electron chi connectivity index (χ3n) is 2.07. The van der Waals surface area contributed by atoms with Gasteiger partial charge in [0.25, 0.3) is 0 Å². The molecule has 1 aliphatic heterocycles. The largest absolute Gasteiger partial charge is 0.392 e. The van der Waals surface area contributed by atoms with Crippen LogP contribution in [0.5, 0.6) is 0 Å². The molecule has 0 aliphatic carbocycles. The summed E-state index contributed by atoms with van der Waals surface area (Å²) in [6.45, 7) is 0.399. The molecule has 12 heavy (non-hydrogen) atoms. The van der Waals surface area contributed by atoms with Crippen LogP contribution in [0.2, 0.25) is 0 Å². The minimum Gasteiger partial charge on any atom is -0.392 e. The van der Waals surface area contributed by atoms with E-state index in [-0.39, 0.29) is 0 Å². The van der Waals surface area contributed by atoms with Crippen LogP contribution in [0.15, 0.2) is 0 Å². The van der Waals surface area contributed by atoms with Crippen LogP contribution in [0.3, 0.4) is 0 Å². The topological polar surface area (TPSA) is 113 Å². The monoisotopic (exact) mass is 179 g/mol. The van der Waals surface area contributed by atoms with Gasteiger partial charge in [0.1, 0.15) is 17.9 Å². The summed E-state index contributed by atoms with van der Waals surface area (Å²) in [7, 11) is 0. The van der Waals surface area contributed by atoms with E-state index in [4.69, 9.17) is 15.3 Å². The van der Waals surface area contributed by atoms with Crippen LogP contribution in [0.4, 0.5) is 0 Å². The lowest BCUT2D eigenvalue weighted by Gasteiger charge is -2.24. The molecule has 0 aromatic carbocycles. The molecule has 0 saturated carbocycles. The Morgan fingerprint density at radius 3 is 1.92 bits per heavy atom. The molecule has 1 rings (SSSR count). The lowest BCUT2D eigenvalue weighted by Crippen LogP contribution is -2.55. The Labute approximate surface area is 69.1 Å². The Morgan fingerprint density at radius 2 is 1.75 bits per heavy atom. The van der Waals surface area contributed by atoms with E-state index in [0.717, 1.165) is 0 Å². The summed E-state index contributed by atoms with van der Waals surface area (Å²) < 4.78 is 0. The lowest BCUT2D eigenvalue weighted by atomic mass is 10.0. The highest BCUT2D eigenvalue weighted by Gasteiger charge is 2.56. The maximum atomic E-state index is 9.34. The van der Waals surface area contributed by atoms with Crippen molar-refractivity contribution >= 4 is 0 Å². The summed E-state index contributed by atoms with van der Waals surface area (Å²) >= 11 is 0. The van der Waals surface area contributed by atoms with Crippen LogP contribution >= 0.6 is 0 Å². The SMILES string of the molecule is C[C@]1(O)N[C@](O)(CO)[C@@H](O)[C@H]1O. The van der Waals surface area contributed by atoms with Gasteiger partial charge in [-0.3, -0.25) is 5.32 Å². The first-order valence-electron chi connectivity index (χ1n) is 3.54. The van der Waals surface area contributed by atoms with Crippen LogP contribution < -0.4 is 5.32 Å². The van der Waals surface area contributed by atoms with E-state index in [2.05, 4.69) is 5.32 Å². The fourth-order valence-electron chi connectivity index (χ4n) is 1.29. The van der Waals surface area contributed by atoms with Gasteiger partial charge in [0.2, 0.25) is 0 Å². The van der Waals surface area contributed by atoms with Gasteiger partial charge in [-0.2, -0.15) is 0 Å². The van der Waals surface area contributed by atoms with Crippen molar-refractivity contribution in [2.45, 2.75) is 30.6 Å². The molecule has 72 valence electrons. The lowest BCUT2D eigenvalue weighted by molar-refractivity contribution is -0.121. The first kappa shape index (κ1) is 9.85. The van der Waals surface area contributed by atoms with E-state index in [0.29, 0.717) is 0 Å². The van der Waals surface area contributed by atoms with E-state index >= 15 is 0 Å². The summed E-state index contributed by atoms with van der Waals surface area (Å²) in [6.07, 6.45) is -3.15. The van der Waals surface area contributed by atoms with Gasteiger partial charge >= 0.3 is 0 Å². The van der Waals surface area contributed by atoms with Gasteiger partial charge in [-0.1, -0.05) is 0 Å². The second-order valence-electron chi connectivity index (χ2n) is 3.24. The standard InChI is InChI=1S/C6H13NO5/c1-5(11)3(9)4(10)6(12,2-8)7-5/h3-4,7-12H,2H2,1H3/t3-,4+,5-,6+/m1/s1. The van der Waals surface area contributed by atoms with E-state index < -0.39 is 30.3 Å².